The van der Waals surface area contributed by atoms with E-state index in [1.165, 1.54) is 29.6 Å². The minimum absolute atomic E-state index is 0.227. The maximum atomic E-state index is 5.88. The van der Waals surface area contributed by atoms with Crippen molar-refractivity contribution in [2.24, 2.45) is 11.7 Å². The molecule has 0 aromatic rings. The average molecular weight is 149 g/mol. The van der Waals surface area contributed by atoms with E-state index in [-0.39, 0.29) is 6.04 Å². The highest BCUT2D eigenvalue weighted by atomic mass is 14.7. The first kappa shape index (κ1) is 7.11. The van der Waals surface area contributed by atoms with Gasteiger partial charge in [-0.3, -0.25) is 0 Å². The van der Waals surface area contributed by atoms with Crippen molar-refractivity contribution in [3.8, 4) is 0 Å². The predicted octanol–water partition coefficient (Wildman–Crippen LogP) is 2.00. The van der Waals surface area contributed by atoms with Crippen LogP contribution in [-0.4, -0.2) is 6.04 Å². The summed E-state index contributed by atoms with van der Waals surface area (Å²) < 4.78 is 0. The van der Waals surface area contributed by atoms with Gasteiger partial charge in [0.15, 0.2) is 0 Å². The topological polar surface area (TPSA) is 26.0 Å². The molecule has 0 aromatic carbocycles. The molecule has 1 atom stereocenters. The maximum absolute atomic E-state index is 5.88. The Morgan fingerprint density at radius 3 is 2.45 bits per heavy atom. The molecule has 1 nitrogen and oxygen atoms in total. The van der Waals surface area contributed by atoms with E-state index in [1.807, 2.05) is 0 Å². The van der Waals surface area contributed by atoms with Crippen LogP contribution in [0.3, 0.4) is 0 Å². The number of hydrogen-bond acceptors (Lipinski definition) is 1. The van der Waals surface area contributed by atoms with Crippen LogP contribution in [-0.2, 0) is 0 Å². The second-order valence-electron chi connectivity index (χ2n) is 3.80. The second-order valence-corrected chi connectivity index (χ2v) is 3.80. The van der Waals surface area contributed by atoms with Crippen LogP contribution in [0.4, 0.5) is 0 Å². The molecule has 0 heterocycles. The van der Waals surface area contributed by atoms with Gasteiger partial charge in [0.2, 0.25) is 0 Å². The Labute approximate surface area is 68.0 Å². The smallest absolute Gasteiger partial charge is 0.0329 e. The fraction of sp³-hybridized carbons (Fsp3) is 0.600. The summed E-state index contributed by atoms with van der Waals surface area (Å²) in [4.78, 5) is 0. The minimum atomic E-state index is 0.227. The van der Waals surface area contributed by atoms with Gasteiger partial charge in [-0.1, -0.05) is 12.2 Å². The molecule has 1 heteroatoms. The van der Waals surface area contributed by atoms with Crippen LogP contribution in [0.25, 0.3) is 0 Å². The molecule has 60 valence electrons. The Morgan fingerprint density at radius 1 is 1.45 bits per heavy atom. The number of rotatable bonds is 1. The first-order chi connectivity index (χ1) is 5.20. The highest BCUT2D eigenvalue weighted by Gasteiger charge is 2.34. The average Bonchev–Trinajstić information content (AvgIpc) is 2.68. The van der Waals surface area contributed by atoms with Crippen LogP contribution >= 0.6 is 0 Å². The van der Waals surface area contributed by atoms with Crippen molar-refractivity contribution in [3.63, 3.8) is 0 Å². The van der Waals surface area contributed by atoms with Crippen molar-refractivity contribution in [1.29, 1.82) is 0 Å². The van der Waals surface area contributed by atoms with Crippen LogP contribution in [0.2, 0.25) is 0 Å². The molecule has 1 fully saturated rings. The zero-order valence-corrected chi connectivity index (χ0v) is 7.06. The highest BCUT2D eigenvalue weighted by molar-refractivity contribution is 5.46. The van der Waals surface area contributed by atoms with E-state index in [0.717, 1.165) is 12.3 Å². The van der Waals surface area contributed by atoms with Gasteiger partial charge < -0.3 is 5.73 Å². The fourth-order valence-corrected chi connectivity index (χ4v) is 2.02. The summed E-state index contributed by atoms with van der Waals surface area (Å²) in [6.07, 6.45) is 3.77. The fourth-order valence-electron chi connectivity index (χ4n) is 2.02. The van der Waals surface area contributed by atoms with Crippen molar-refractivity contribution in [1.82, 2.24) is 0 Å². The molecule has 11 heavy (non-hydrogen) atoms. The third kappa shape index (κ3) is 1.04. The molecule has 1 unspecified atom stereocenters. The van der Waals surface area contributed by atoms with Gasteiger partial charge in [-0.05, 0) is 43.3 Å². The van der Waals surface area contributed by atoms with E-state index >= 15 is 0 Å². The number of hydrogen-bond donors (Lipinski definition) is 1. The summed E-state index contributed by atoms with van der Waals surface area (Å²) in [6.45, 7) is 6.25. The van der Waals surface area contributed by atoms with Crippen LogP contribution in [0, 0.1) is 5.92 Å². The quantitative estimate of drug-likeness (QED) is 0.606. The molecule has 2 rings (SSSR count). The molecule has 0 bridgehead atoms. The molecule has 0 amide bonds. The van der Waals surface area contributed by atoms with E-state index in [1.54, 1.807) is 0 Å². The predicted molar refractivity (Wildman–Crippen MR) is 47.2 cm³/mol. The molecule has 0 saturated heterocycles. The van der Waals surface area contributed by atoms with Gasteiger partial charge >= 0.3 is 0 Å². The molecular formula is C10H15N. The molecule has 0 aliphatic heterocycles. The SMILES string of the molecule is C=C1C(C2CC2)=C(C)CC1N. The molecule has 0 radical (unpaired) electrons. The summed E-state index contributed by atoms with van der Waals surface area (Å²) >= 11 is 0. The summed E-state index contributed by atoms with van der Waals surface area (Å²) in [6, 6.07) is 0.227. The van der Waals surface area contributed by atoms with E-state index in [0.29, 0.717) is 0 Å². The van der Waals surface area contributed by atoms with E-state index in [2.05, 4.69) is 13.5 Å². The van der Waals surface area contributed by atoms with Gasteiger partial charge in [-0.25, -0.2) is 0 Å². The third-order valence-electron chi connectivity index (χ3n) is 2.77. The van der Waals surface area contributed by atoms with Crippen molar-refractivity contribution >= 4 is 0 Å². The molecular weight excluding hydrogens is 134 g/mol. The Balaban J connectivity index is 2.27. The summed E-state index contributed by atoms with van der Waals surface area (Å²) in [5.41, 5.74) is 10.1. The second kappa shape index (κ2) is 2.21. The highest BCUT2D eigenvalue weighted by Crippen LogP contribution is 2.45. The Hall–Kier alpha value is -0.560. The van der Waals surface area contributed by atoms with Crippen molar-refractivity contribution in [3.05, 3.63) is 23.3 Å². The van der Waals surface area contributed by atoms with E-state index < -0.39 is 0 Å². The lowest BCUT2D eigenvalue weighted by molar-refractivity contribution is 0.810. The van der Waals surface area contributed by atoms with Gasteiger partial charge in [0.05, 0.1) is 0 Å². The summed E-state index contributed by atoms with van der Waals surface area (Å²) in [5, 5.41) is 0. The van der Waals surface area contributed by atoms with Crippen LogP contribution in [0.15, 0.2) is 23.3 Å². The molecule has 2 N–H and O–H groups in total. The van der Waals surface area contributed by atoms with Crippen LogP contribution < -0.4 is 5.73 Å². The first-order valence-corrected chi connectivity index (χ1v) is 4.34. The van der Waals surface area contributed by atoms with Crippen LogP contribution in [0.5, 0.6) is 0 Å². The van der Waals surface area contributed by atoms with Crippen molar-refractivity contribution in [2.75, 3.05) is 0 Å². The lowest BCUT2D eigenvalue weighted by atomic mass is 10.0. The summed E-state index contributed by atoms with van der Waals surface area (Å²) in [5.74, 6) is 0.830. The minimum Gasteiger partial charge on any atom is -0.324 e. The van der Waals surface area contributed by atoms with Gasteiger partial charge in [-0.15, -0.1) is 0 Å². The molecule has 2 aliphatic carbocycles. The van der Waals surface area contributed by atoms with Gasteiger partial charge in [-0.2, -0.15) is 0 Å². The van der Waals surface area contributed by atoms with Crippen molar-refractivity contribution in [2.45, 2.75) is 32.2 Å². The van der Waals surface area contributed by atoms with Gasteiger partial charge in [0.25, 0.3) is 0 Å². The van der Waals surface area contributed by atoms with Gasteiger partial charge in [0.1, 0.15) is 0 Å². The van der Waals surface area contributed by atoms with Crippen LogP contribution in [0.1, 0.15) is 26.2 Å². The van der Waals surface area contributed by atoms with Crippen molar-refractivity contribution < 1.29 is 0 Å². The molecule has 1 saturated carbocycles. The Morgan fingerprint density at radius 2 is 2.09 bits per heavy atom. The Bertz CT molecular complexity index is 233. The molecule has 0 spiro atoms. The number of nitrogens with two attached hydrogens (primary N) is 1. The standard InChI is InChI=1S/C10H15N/c1-6-5-9(11)7(2)10(6)8-3-4-8/h8-9H,2-5,11H2,1H3. The lowest BCUT2D eigenvalue weighted by Crippen LogP contribution is -2.18. The first-order valence-electron chi connectivity index (χ1n) is 4.34. The zero-order valence-electron chi connectivity index (χ0n) is 7.06. The maximum Gasteiger partial charge on any atom is 0.0329 e. The molecule has 0 aromatic heterocycles. The van der Waals surface area contributed by atoms with Gasteiger partial charge in [0, 0.05) is 6.04 Å². The zero-order chi connectivity index (χ0) is 8.01. The normalized spacial score (nSPS) is 31.8. The summed E-state index contributed by atoms with van der Waals surface area (Å²) in [7, 11) is 0. The molecule has 2 aliphatic rings. The Kier molecular flexibility index (Phi) is 1.43. The largest absolute Gasteiger partial charge is 0.324 e. The third-order valence-corrected chi connectivity index (χ3v) is 2.77. The lowest BCUT2D eigenvalue weighted by Gasteiger charge is -2.06. The van der Waals surface area contributed by atoms with E-state index in [4.69, 9.17) is 5.73 Å². The van der Waals surface area contributed by atoms with E-state index in [9.17, 15) is 0 Å². The monoisotopic (exact) mass is 149 g/mol.